The van der Waals surface area contributed by atoms with E-state index in [1.807, 2.05) is 61.5 Å². The molecule has 26 heavy (non-hydrogen) atoms. The van der Waals surface area contributed by atoms with Crippen molar-refractivity contribution in [2.75, 3.05) is 12.3 Å². The number of thioether (sulfide) groups is 1. The number of halogens is 1. The molecule has 0 aliphatic rings. The SMILES string of the molecule is CCNC(=O)[C@H](C)N(Cc1cccc(Br)c1)C(=O)CSc1ccccc1. The van der Waals surface area contributed by atoms with E-state index < -0.39 is 6.04 Å². The van der Waals surface area contributed by atoms with Crippen LogP contribution in [0, 0.1) is 0 Å². The highest BCUT2D eigenvalue weighted by Gasteiger charge is 2.25. The first-order valence-corrected chi connectivity index (χ1v) is 10.3. The van der Waals surface area contributed by atoms with Crippen molar-refractivity contribution in [1.29, 1.82) is 0 Å². The first kappa shape index (κ1) is 20.5. The number of hydrogen-bond donors (Lipinski definition) is 1. The second-order valence-electron chi connectivity index (χ2n) is 5.82. The molecule has 2 aromatic carbocycles. The molecule has 0 saturated heterocycles. The molecule has 1 atom stereocenters. The van der Waals surface area contributed by atoms with Crippen LogP contribution in [-0.4, -0.2) is 35.1 Å². The lowest BCUT2D eigenvalue weighted by Gasteiger charge is -2.28. The van der Waals surface area contributed by atoms with Gasteiger partial charge in [-0.1, -0.05) is 46.3 Å². The van der Waals surface area contributed by atoms with Crippen LogP contribution in [0.3, 0.4) is 0 Å². The summed E-state index contributed by atoms with van der Waals surface area (Å²) in [5.41, 5.74) is 0.980. The van der Waals surface area contributed by atoms with Crippen LogP contribution in [0.25, 0.3) is 0 Å². The normalized spacial score (nSPS) is 11.7. The van der Waals surface area contributed by atoms with Gasteiger partial charge in [0.05, 0.1) is 5.75 Å². The largest absolute Gasteiger partial charge is 0.355 e. The highest BCUT2D eigenvalue weighted by atomic mass is 79.9. The minimum atomic E-state index is -0.530. The number of nitrogens with zero attached hydrogens (tertiary/aromatic N) is 1. The van der Waals surface area contributed by atoms with E-state index in [0.29, 0.717) is 18.8 Å². The lowest BCUT2D eigenvalue weighted by atomic mass is 10.1. The first-order chi connectivity index (χ1) is 12.5. The van der Waals surface area contributed by atoms with E-state index in [4.69, 9.17) is 0 Å². The maximum atomic E-state index is 12.9. The Kier molecular flexibility index (Phi) is 8.19. The van der Waals surface area contributed by atoms with Crippen LogP contribution in [0.2, 0.25) is 0 Å². The molecule has 0 aliphatic carbocycles. The number of amides is 2. The fourth-order valence-electron chi connectivity index (χ4n) is 2.48. The van der Waals surface area contributed by atoms with E-state index in [2.05, 4.69) is 21.2 Å². The van der Waals surface area contributed by atoms with Crippen molar-refractivity contribution < 1.29 is 9.59 Å². The molecule has 4 nitrogen and oxygen atoms in total. The Labute approximate surface area is 167 Å². The highest BCUT2D eigenvalue weighted by molar-refractivity contribution is 9.10. The molecule has 0 spiro atoms. The van der Waals surface area contributed by atoms with Gasteiger partial charge in [0.15, 0.2) is 0 Å². The van der Waals surface area contributed by atoms with Crippen molar-refractivity contribution in [2.45, 2.75) is 31.3 Å². The molecule has 0 saturated carbocycles. The molecule has 0 fully saturated rings. The topological polar surface area (TPSA) is 49.4 Å². The van der Waals surface area contributed by atoms with Crippen LogP contribution in [0.1, 0.15) is 19.4 Å². The van der Waals surface area contributed by atoms with E-state index in [1.165, 1.54) is 11.8 Å². The lowest BCUT2D eigenvalue weighted by Crippen LogP contribution is -2.48. The Morgan fingerprint density at radius 1 is 1.15 bits per heavy atom. The molecule has 0 bridgehead atoms. The van der Waals surface area contributed by atoms with Crippen molar-refractivity contribution in [2.24, 2.45) is 0 Å². The summed E-state index contributed by atoms with van der Waals surface area (Å²) in [7, 11) is 0. The average molecular weight is 435 g/mol. The van der Waals surface area contributed by atoms with Gasteiger partial charge in [-0.25, -0.2) is 0 Å². The van der Waals surface area contributed by atoms with Crippen molar-refractivity contribution >= 4 is 39.5 Å². The quantitative estimate of drug-likeness (QED) is 0.636. The van der Waals surface area contributed by atoms with Crippen molar-refractivity contribution in [3.8, 4) is 0 Å². The van der Waals surface area contributed by atoms with Crippen molar-refractivity contribution in [3.63, 3.8) is 0 Å². The highest BCUT2D eigenvalue weighted by Crippen LogP contribution is 2.20. The van der Waals surface area contributed by atoms with E-state index in [0.717, 1.165) is 14.9 Å². The molecule has 2 rings (SSSR count). The predicted octanol–water partition coefficient (Wildman–Crippen LogP) is 4.09. The van der Waals surface area contributed by atoms with E-state index in [1.54, 1.807) is 11.8 Å². The number of nitrogens with one attached hydrogen (secondary N) is 1. The molecule has 138 valence electrons. The van der Waals surface area contributed by atoms with Gasteiger partial charge in [-0.05, 0) is 43.7 Å². The maximum Gasteiger partial charge on any atom is 0.242 e. The fourth-order valence-corrected chi connectivity index (χ4v) is 3.73. The van der Waals surface area contributed by atoms with Crippen LogP contribution in [0.5, 0.6) is 0 Å². The van der Waals surface area contributed by atoms with Crippen molar-refractivity contribution in [1.82, 2.24) is 10.2 Å². The Bertz CT molecular complexity index is 740. The van der Waals surface area contributed by atoms with Crippen LogP contribution in [0.4, 0.5) is 0 Å². The Morgan fingerprint density at radius 2 is 1.88 bits per heavy atom. The zero-order valence-corrected chi connectivity index (χ0v) is 17.3. The number of carbonyl (C=O) groups excluding carboxylic acids is 2. The summed E-state index contributed by atoms with van der Waals surface area (Å²) in [5, 5.41) is 2.80. The number of rotatable bonds is 8. The van der Waals surface area contributed by atoms with Gasteiger partial charge in [0.25, 0.3) is 0 Å². The summed E-state index contributed by atoms with van der Waals surface area (Å²) in [6, 6.07) is 17.1. The van der Waals surface area contributed by atoms with Gasteiger partial charge in [-0.15, -0.1) is 11.8 Å². The third-order valence-electron chi connectivity index (χ3n) is 3.87. The van der Waals surface area contributed by atoms with Gasteiger partial charge >= 0.3 is 0 Å². The standard InChI is InChI=1S/C20H23BrN2O2S/c1-3-22-20(25)15(2)23(13-16-8-7-9-17(21)12-16)19(24)14-26-18-10-5-4-6-11-18/h4-12,15H,3,13-14H2,1-2H3,(H,22,25)/t15-/m0/s1. The number of likely N-dealkylation sites (N-methyl/N-ethyl adjacent to an activating group) is 1. The zero-order chi connectivity index (χ0) is 18.9. The molecule has 0 unspecified atom stereocenters. The second kappa shape index (κ2) is 10.4. The molecule has 2 amide bonds. The smallest absolute Gasteiger partial charge is 0.242 e. The molecule has 6 heteroatoms. The monoisotopic (exact) mass is 434 g/mol. The van der Waals surface area contributed by atoms with Crippen LogP contribution >= 0.6 is 27.7 Å². The molecule has 0 aliphatic heterocycles. The van der Waals surface area contributed by atoms with Gasteiger partial charge in [-0.3, -0.25) is 9.59 Å². The van der Waals surface area contributed by atoms with Gasteiger partial charge in [0, 0.05) is 22.5 Å². The number of carbonyl (C=O) groups is 2. The van der Waals surface area contributed by atoms with E-state index in [9.17, 15) is 9.59 Å². The first-order valence-electron chi connectivity index (χ1n) is 8.50. The van der Waals surface area contributed by atoms with Crippen molar-refractivity contribution in [3.05, 3.63) is 64.6 Å². The second-order valence-corrected chi connectivity index (χ2v) is 7.79. The van der Waals surface area contributed by atoms with Gasteiger partial charge in [-0.2, -0.15) is 0 Å². The molecule has 0 heterocycles. The number of hydrogen-bond acceptors (Lipinski definition) is 3. The lowest BCUT2D eigenvalue weighted by molar-refractivity contribution is -0.138. The minimum absolute atomic E-state index is 0.0578. The van der Waals surface area contributed by atoms with Crippen LogP contribution in [0.15, 0.2) is 64.0 Å². The summed E-state index contributed by atoms with van der Waals surface area (Å²) < 4.78 is 0.951. The molecule has 0 aromatic heterocycles. The fraction of sp³-hybridized carbons (Fsp3) is 0.300. The average Bonchev–Trinajstić information content (AvgIpc) is 2.64. The third-order valence-corrected chi connectivity index (χ3v) is 5.36. The summed E-state index contributed by atoms with van der Waals surface area (Å²) in [4.78, 5) is 27.8. The van der Waals surface area contributed by atoms with Gasteiger partial charge in [0.1, 0.15) is 6.04 Å². The molecule has 0 radical (unpaired) electrons. The Hall–Kier alpha value is -1.79. The molecule has 1 N–H and O–H groups in total. The summed E-state index contributed by atoms with van der Waals surface area (Å²) in [5.74, 6) is 0.0972. The van der Waals surface area contributed by atoms with Crippen LogP contribution < -0.4 is 5.32 Å². The number of benzene rings is 2. The third kappa shape index (κ3) is 6.18. The minimum Gasteiger partial charge on any atom is -0.355 e. The summed E-state index contributed by atoms with van der Waals surface area (Å²) in [6.45, 7) is 4.58. The Balaban J connectivity index is 2.12. The van der Waals surface area contributed by atoms with Gasteiger partial charge < -0.3 is 10.2 Å². The molecule has 2 aromatic rings. The summed E-state index contributed by atoms with van der Waals surface area (Å²) in [6.07, 6.45) is 0. The predicted molar refractivity (Wildman–Crippen MR) is 110 cm³/mol. The summed E-state index contributed by atoms with van der Waals surface area (Å²) >= 11 is 4.94. The van der Waals surface area contributed by atoms with E-state index in [-0.39, 0.29) is 11.8 Å². The zero-order valence-electron chi connectivity index (χ0n) is 14.9. The molecular formula is C20H23BrN2O2S. The molecular weight excluding hydrogens is 412 g/mol. The van der Waals surface area contributed by atoms with Crippen LogP contribution in [-0.2, 0) is 16.1 Å². The maximum absolute atomic E-state index is 12.9. The Morgan fingerprint density at radius 3 is 2.54 bits per heavy atom. The van der Waals surface area contributed by atoms with Gasteiger partial charge in [0.2, 0.25) is 11.8 Å². The van der Waals surface area contributed by atoms with E-state index >= 15 is 0 Å².